The van der Waals surface area contributed by atoms with Gasteiger partial charge in [-0.1, -0.05) is 110 Å². The molecule has 0 saturated carbocycles. The Hall–Kier alpha value is -0.706. The van der Waals surface area contributed by atoms with Gasteiger partial charge in [-0.2, -0.15) is 0 Å². The number of rotatable bonds is 12. The Balaban J connectivity index is 2.45. The number of fused-ring (bicyclic) bond motifs is 1. The summed E-state index contributed by atoms with van der Waals surface area (Å²) in [6.07, 6.45) is 18.3. The molecular formula is C27H48O2SSi2. The number of hydrogen-bond donors (Lipinski definition) is 0. The normalized spacial score (nSPS) is 18.3. The average Bonchev–Trinajstić information content (AvgIpc) is 3.02. The van der Waals surface area contributed by atoms with Crippen LogP contribution in [0.3, 0.4) is 0 Å². The summed E-state index contributed by atoms with van der Waals surface area (Å²) in [5, 5.41) is 0. The minimum absolute atomic E-state index is 0.0830. The van der Waals surface area contributed by atoms with E-state index in [1.165, 1.54) is 60.4 Å². The molecule has 1 aliphatic heterocycles. The van der Waals surface area contributed by atoms with E-state index in [0.717, 1.165) is 24.3 Å². The predicted molar refractivity (Wildman–Crippen MR) is 149 cm³/mol. The van der Waals surface area contributed by atoms with Gasteiger partial charge in [0.25, 0.3) is 0 Å². The second-order valence-corrected chi connectivity index (χ2v) is 23.6. The standard InChI is InChI=1S/C27H48O2SSi2/c1-10-13-15-17-19-27(20-18-16-14-11-2)21-28-23-24(29-22(27)12-3)26(32(7,8)9)30-25(23)31(4,5)6/h3,22H,10-11,13-21H2,1-2,4-9H3. The molecule has 0 aromatic carbocycles. The van der Waals surface area contributed by atoms with Crippen LogP contribution < -0.4 is 18.5 Å². The Kier molecular flexibility index (Phi) is 10.0. The molecule has 2 heterocycles. The highest BCUT2D eigenvalue weighted by atomic mass is 32.1. The fraction of sp³-hybridized carbons (Fsp3) is 0.778. The summed E-state index contributed by atoms with van der Waals surface area (Å²) < 4.78 is 16.5. The van der Waals surface area contributed by atoms with Crippen molar-refractivity contribution >= 4 is 36.5 Å². The Morgan fingerprint density at radius 1 is 0.844 bits per heavy atom. The zero-order chi connectivity index (χ0) is 24.0. The van der Waals surface area contributed by atoms with E-state index < -0.39 is 16.1 Å². The lowest BCUT2D eigenvalue weighted by Gasteiger charge is -2.36. The lowest BCUT2D eigenvalue weighted by Crippen LogP contribution is -2.44. The third-order valence-corrected chi connectivity index (χ3v) is 14.9. The van der Waals surface area contributed by atoms with Gasteiger partial charge in [0, 0.05) is 9.00 Å². The van der Waals surface area contributed by atoms with Crippen LogP contribution in [0.5, 0.6) is 11.5 Å². The van der Waals surface area contributed by atoms with Gasteiger partial charge in [0.1, 0.15) is 0 Å². The summed E-state index contributed by atoms with van der Waals surface area (Å²) >= 11 is 1.96. The number of ether oxygens (including phenoxy) is 2. The van der Waals surface area contributed by atoms with E-state index >= 15 is 0 Å². The van der Waals surface area contributed by atoms with Crippen LogP contribution in [0, 0.1) is 17.8 Å². The Morgan fingerprint density at radius 2 is 1.34 bits per heavy atom. The zero-order valence-electron chi connectivity index (χ0n) is 22.2. The molecule has 2 rings (SSSR count). The molecule has 0 radical (unpaired) electrons. The molecule has 1 aliphatic rings. The van der Waals surface area contributed by atoms with Gasteiger partial charge >= 0.3 is 0 Å². The average molecular weight is 493 g/mol. The van der Waals surface area contributed by atoms with Gasteiger partial charge in [0.05, 0.1) is 28.2 Å². The molecule has 0 aliphatic carbocycles. The maximum absolute atomic E-state index is 6.88. The Bertz CT molecular complexity index is 752. The summed E-state index contributed by atoms with van der Waals surface area (Å²) in [6, 6.07) is 0. The molecule has 0 spiro atoms. The van der Waals surface area contributed by atoms with Crippen molar-refractivity contribution in [2.24, 2.45) is 5.41 Å². The van der Waals surface area contributed by atoms with Crippen LogP contribution in [0.25, 0.3) is 0 Å². The lowest BCUT2D eigenvalue weighted by molar-refractivity contribution is 0.0413. The van der Waals surface area contributed by atoms with E-state index in [2.05, 4.69) is 59.0 Å². The van der Waals surface area contributed by atoms with Gasteiger partial charge in [-0.05, 0) is 12.8 Å². The van der Waals surface area contributed by atoms with Crippen molar-refractivity contribution in [3.8, 4) is 23.8 Å². The first-order chi connectivity index (χ1) is 15.0. The summed E-state index contributed by atoms with van der Waals surface area (Å²) in [5.74, 6) is 5.18. The predicted octanol–water partition coefficient (Wildman–Crippen LogP) is 7.54. The van der Waals surface area contributed by atoms with E-state index in [9.17, 15) is 0 Å². The largest absolute Gasteiger partial charge is 0.488 e. The molecule has 0 saturated heterocycles. The number of hydrogen-bond acceptors (Lipinski definition) is 3. The molecule has 1 aromatic rings. The van der Waals surface area contributed by atoms with E-state index in [1.54, 1.807) is 0 Å². The highest BCUT2D eigenvalue weighted by Crippen LogP contribution is 2.44. The van der Waals surface area contributed by atoms with Crippen LogP contribution in [0.2, 0.25) is 39.3 Å². The Labute approximate surface area is 204 Å². The molecule has 1 atom stereocenters. The summed E-state index contributed by atoms with van der Waals surface area (Å²) in [6.45, 7) is 19.7. The van der Waals surface area contributed by atoms with Crippen molar-refractivity contribution in [1.29, 1.82) is 0 Å². The van der Waals surface area contributed by atoms with Crippen LogP contribution in [-0.4, -0.2) is 28.9 Å². The fourth-order valence-corrected chi connectivity index (χ4v) is 10.5. The molecule has 0 bridgehead atoms. The number of thiophene rings is 1. The third-order valence-electron chi connectivity index (χ3n) is 6.69. The van der Waals surface area contributed by atoms with Crippen molar-refractivity contribution in [2.45, 2.75) is 123 Å². The molecule has 182 valence electrons. The van der Waals surface area contributed by atoms with Crippen molar-refractivity contribution < 1.29 is 9.47 Å². The molecule has 2 nitrogen and oxygen atoms in total. The minimum Gasteiger partial charge on any atom is -0.488 e. The van der Waals surface area contributed by atoms with Gasteiger partial charge in [-0.15, -0.1) is 17.8 Å². The van der Waals surface area contributed by atoms with E-state index in [1.807, 2.05) is 11.3 Å². The van der Waals surface area contributed by atoms with Crippen molar-refractivity contribution in [3.05, 3.63) is 0 Å². The number of terminal acetylenes is 1. The molecule has 32 heavy (non-hydrogen) atoms. The first kappa shape index (κ1) is 27.5. The third kappa shape index (κ3) is 6.67. The molecule has 0 amide bonds. The number of unbranched alkanes of at least 4 members (excludes halogenated alkanes) is 6. The van der Waals surface area contributed by atoms with Crippen molar-refractivity contribution in [1.82, 2.24) is 0 Å². The summed E-state index contributed by atoms with van der Waals surface area (Å²) in [4.78, 5) is 0. The SMILES string of the molecule is C#CC1Oc2c([Si](C)(C)C)sc([Si](C)(C)C)c2OCC1(CCCCCC)CCCCCC. The lowest BCUT2D eigenvalue weighted by atomic mass is 9.74. The molecule has 0 fully saturated rings. The smallest absolute Gasteiger partial charge is 0.172 e. The first-order valence-corrected chi connectivity index (χ1v) is 20.7. The van der Waals surface area contributed by atoms with Crippen LogP contribution in [0.15, 0.2) is 0 Å². The monoisotopic (exact) mass is 492 g/mol. The van der Waals surface area contributed by atoms with E-state index in [4.69, 9.17) is 15.9 Å². The molecule has 0 N–H and O–H groups in total. The maximum atomic E-state index is 6.88. The van der Waals surface area contributed by atoms with Crippen LogP contribution in [-0.2, 0) is 0 Å². The van der Waals surface area contributed by atoms with Crippen LogP contribution >= 0.6 is 11.3 Å². The second-order valence-electron chi connectivity index (χ2n) is 11.9. The molecule has 1 unspecified atom stereocenters. The van der Waals surface area contributed by atoms with Crippen LogP contribution in [0.1, 0.15) is 78.1 Å². The van der Waals surface area contributed by atoms with Gasteiger partial charge < -0.3 is 9.47 Å². The van der Waals surface area contributed by atoms with Gasteiger partial charge in [0.15, 0.2) is 17.6 Å². The Morgan fingerprint density at radius 3 is 1.78 bits per heavy atom. The van der Waals surface area contributed by atoms with Crippen molar-refractivity contribution in [3.63, 3.8) is 0 Å². The highest BCUT2D eigenvalue weighted by molar-refractivity contribution is 7.36. The molecule has 1 aromatic heterocycles. The van der Waals surface area contributed by atoms with E-state index in [0.29, 0.717) is 6.61 Å². The van der Waals surface area contributed by atoms with Gasteiger partial charge in [-0.25, -0.2) is 0 Å². The molecule has 5 heteroatoms. The van der Waals surface area contributed by atoms with Crippen molar-refractivity contribution in [2.75, 3.05) is 6.61 Å². The minimum atomic E-state index is -1.59. The van der Waals surface area contributed by atoms with Gasteiger partial charge in [0.2, 0.25) is 0 Å². The summed E-state index contributed by atoms with van der Waals surface area (Å²) in [7, 11) is -3.15. The fourth-order valence-electron chi connectivity index (χ4n) is 4.71. The van der Waals surface area contributed by atoms with Crippen LogP contribution in [0.4, 0.5) is 0 Å². The topological polar surface area (TPSA) is 18.5 Å². The second kappa shape index (κ2) is 11.6. The van der Waals surface area contributed by atoms with E-state index in [-0.39, 0.29) is 11.5 Å². The highest BCUT2D eigenvalue weighted by Gasteiger charge is 2.46. The maximum Gasteiger partial charge on any atom is 0.172 e. The quantitative estimate of drug-likeness (QED) is 0.170. The zero-order valence-corrected chi connectivity index (χ0v) is 25.0. The first-order valence-electron chi connectivity index (χ1n) is 12.9. The summed E-state index contributed by atoms with van der Waals surface area (Å²) in [5.41, 5.74) is -0.0830. The van der Waals surface area contributed by atoms with Gasteiger partial charge in [-0.3, -0.25) is 0 Å². The molecular weight excluding hydrogens is 445 g/mol.